The first-order valence-corrected chi connectivity index (χ1v) is 5.10. The highest BCUT2D eigenvalue weighted by Crippen LogP contribution is 2.14. The van der Waals surface area contributed by atoms with Crippen LogP contribution in [0.2, 0.25) is 0 Å². The van der Waals surface area contributed by atoms with E-state index in [1.54, 1.807) is 0 Å². The van der Waals surface area contributed by atoms with Crippen molar-refractivity contribution in [1.29, 1.82) is 0 Å². The molecule has 2 heterocycles. The first-order valence-electron chi connectivity index (χ1n) is 5.10. The summed E-state index contributed by atoms with van der Waals surface area (Å²) >= 11 is 0. The highest BCUT2D eigenvalue weighted by Gasteiger charge is 2.16. The van der Waals surface area contributed by atoms with Gasteiger partial charge in [-0.1, -0.05) is 5.16 Å². The van der Waals surface area contributed by atoms with E-state index in [-0.39, 0.29) is 0 Å². The van der Waals surface area contributed by atoms with Crippen LogP contribution < -0.4 is 11.1 Å². The van der Waals surface area contributed by atoms with E-state index >= 15 is 0 Å². The normalized spacial score (nSPS) is 22.5. The van der Waals surface area contributed by atoms with E-state index in [2.05, 4.69) is 15.5 Å². The molecular formula is C9H16N4O. The SMILES string of the molecule is NCc1nc(CC2CCCNC2)no1. The standard InChI is InChI=1S/C9H16N4O/c10-5-9-12-8(13-14-9)4-7-2-1-3-11-6-7/h7,11H,1-6,10H2. The summed E-state index contributed by atoms with van der Waals surface area (Å²) in [5.74, 6) is 1.97. The molecule has 1 aromatic rings. The number of nitrogens with two attached hydrogens (primary N) is 1. The Balaban J connectivity index is 1.89. The van der Waals surface area contributed by atoms with E-state index in [0.29, 0.717) is 18.4 Å². The molecule has 0 radical (unpaired) electrons. The third kappa shape index (κ3) is 2.30. The van der Waals surface area contributed by atoms with Gasteiger partial charge in [-0.2, -0.15) is 4.98 Å². The highest BCUT2D eigenvalue weighted by atomic mass is 16.5. The molecule has 0 amide bonds. The van der Waals surface area contributed by atoms with Crippen molar-refractivity contribution in [2.45, 2.75) is 25.8 Å². The highest BCUT2D eigenvalue weighted by molar-refractivity contribution is 4.89. The van der Waals surface area contributed by atoms with Crippen LogP contribution >= 0.6 is 0 Å². The zero-order chi connectivity index (χ0) is 9.80. The van der Waals surface area contributed by atoms with E-state index < -0.39 is 0 Å². The van der Waals surface area contributed by atoms with Gasteiger partial charge in [0.15, 0.2) is 5.82 Å². The number of aromatic nitrogens is 2. The number of nitrogens with zero attached hydrogens (tertiary/aromatic N) is 2. The quantitative estimate of drug-likeness (QED) is 0.715. The molecule has 0 aromatic carbocycles. The lowest BCUT2D eigenvalue weighted by Gasteiger charge is -2.20. The maximum absolute atomic E-state index is 5.39. The molecule has 1 aromatic heterocycles. The van der Waals surface area contributed by atoms with E-state index in [0.717, 1.165) is 25.3 Å². The summed E-state index contributed by atoms with van der Waals surface area (Å²) in [6.07, 6.45) is 3.39. The van der Waals surface area contributed by atoms with Gasteiger partial charge < -0.3 is 15.6 Å². The Morgan fingerprint density at radius 1 is 1.57 bits per heavy atom. The predicted octanol–water partition coefficient (Wildman–Crippen LogP) is 0.0704. The van der Waals surface area contributed by atoms with Crippen LogP contribution in [-0.2, 0) is 13.0 Å². The topological polar surface area (TPSA) is 77.0 Å². The molecule has 5 nitrogen and oxygen atoms in total. The fraction of sp³-hybridized carbons (Fsp3) is 0.778. The summed E-state index contributed by atoms with van der Waals surface area (Å²) in [6, 6.07) is 0. The molecule has 0 aliphatic carbocycles. The first kappa shape index (κ1) is 9.61. The van der Waals surface area contributed by atoms with Crippen LogP contribution in [0, 0.1) is 5.92 Å². The van der Waals surface area contributed by atoms with Crippen molar-refractivity contribution in [2.75, 3.05) is 13.1 Å². The zero-order valence-electron chi connectivity index (χ0n) is 8.20. The second-order valence-electron chi connectivity index (χ2n) is 3.72. The van der Waals surface area contributed by atoms with Gasteiger partial charge in [0.1, 0.15) is 0 Å². The zero-order valence-corrected chi connectivity index (χ0v) is 8.20. The Labute approximate surface area is 83.1 Å². The average Bonchev–Trinajstić information content (AvgIpc) is 2.67. The molecule has 1 unspecified atom stereocenters. The van der Waals surface area contributed by atoms with E-state index in [1.165, 1.54) is 12.8 Å². The molecular weight excluding hydrogens is 180 g/mol. The monoisotopic (exact) mass is 196 g/mol. The van der Waals surface area contributed by atoms with Crippen LogP contribution in [0.4, 0.5) is 0 Å². The summed E-state index contributed by atoms with van der Waals surface area (Å²) in [4.78, 5) is 4.19. The van der Waals surface area contributed by atoms with Crippen LogP contribution in [-0.4, -0.2) is 23.2 Å². The van der Waals surface area contributed by atoms with Crippen molar-refractivity contribution in [1.82, 2.24) is 15.5 Å². The molecule has 78 valence electrons. The van der Waals surface area contributed by atoms with Gasteiger partial charge in [-0.15, -0.1) is 0 Å². The van der Waals surface area contributed by atoms with Gasteiger partial charge in [0.05, 0.1) is 6.54 Å². The number of piperidine rings is 1. The van der Waals surface area contributed by atoms with E-state index in [9.17, 15) is 0 Å². The predicted molar refractivity (Wildman–Crippen MR) is 51.5 cm³/mol. The van der Waals surface area contributed by atoms with Crippen molar-refractivity contribution in [3.8, 4) is 0 Å². The van der Waals surface area contributed by atoms with E-state index in [1.807, 2.05) is 0 Å². The molecule has 14 heavy (non-hydrogen) atoms. The van der Waals surface area contributed by atoms with Crippen LogP contribution in [0.15, 0.2) is 4.52 Å². The van der Waals surface area contributed by atoms with Gasteiger partial charge in [0.25, 0.3) is 0 Å². The number of hydrogen-bond acceptors (Lipinski definition) is 5. The minimum atomic E-state index is 0.329. The van der Waals surface area contributed by atoms with Crippen molar-refractivity contribution < 1.29 is 4.52 Å². The lowest BCUT2D eigenvalue weighted by atomic mass is 9.96. The van der Waals surface area contributed by atoms with Gasteiger partial charge in [-0.3, -0.25) is 0 Å². The molecule has 1 saturated heterocycles. The fourth-order valence-corrected chi connectivity index (χ4v) is 1.81. The summed E-state index contributed by atoms with van der Waals surface area (Å²) in [5, 5.41) is 7.25. The molecule has 1 atom stereocenters. The van der Waals surface area contributed by atoms with E-state index in [4.69, 9.17) is 10.3 Å². The molecule has 1 aliphatic rings. The molecule has 2 rings (SSSR count). The summed E-state index contributed by atoms with van der Waals surface area (Å²) in [7, 11) is 0. The van der Waals surface area contributed by atoms with Crippen molar-refractivity contribution >= 4 is 0 Å². The number of rotatable bonds is 3. The smallest absolute Gasteiger partial charge is 0.240 e. The molecule has 0 bridgehead atoms. The number of hydrogen-bond donors (Lipinski definition) is 2. The summed E-state index contributed by atoms with van der Waals surface area (Å²) in [6.45, 7) is 2.53. The van der Waals surface area contributed by atoms with Crippen LogP contribution in [0.25, 0.3) is 0 Å². The Kier molecular flexibility index (Phi) is 3.10. The van der Waals surface area contributed by atoms with Gasteiger partial charge in [0.2, 0.25) is 5.89 Å². The van der Waals surface area contributed by atoms with Crippen molar-refractivity contribution in [3.05, 3.63) is 11.7 Å². The maximum Gasteiger partial charge on any atom is 0.240 e. The Bertz CT molecular complexity index is 280. The second kappa shape index (κ2) is 4.52. The Morgan fingerprint density at radius 2 is 2.50 bits per heavy atom. The van der Waals surface area contributed by atoms with Crippen LogP contribution in [0.3, 0.4) is 0 Å². The average molecular weight is 196 g/mol. The van der Waals surface area contributed by atoms with Gasteiger partial charge in [-0.05, 0) is 31.8 Å². The van der Waals surface area contributed by atoms with Crippen LogP contribution in [0.5, 0.6) is 0 Å². The van der Waals surface area contributed by atoms with Gasteiger partial charge >= 0.3 is 0 Å². The second-order valence-corrected chi connectivity index (χ2v) is 3.72. The largest absolute Gasteiger partial charge is 0.338 e. The van der Waals surface area contributed by atoms with Gasteiger partial charge in [0, 0.05) is 6.42 Å². The minimum Gasteiger partial charge on any atom is -0.338 e. The molecule has 0 spiro atoms. The Morgan fingerprint density at radius 3 is 3.14 bits per heavy atom. The lowest BCUT2D eigenvalue weighted by Crippen LogP contribution is -2.31. The molecule has 0 saturated carbocycles. The van der Waals surface area contributed by atoms with Crippen LogP contribution in [0.1, 0.15) is 24.6 Å². The lowest BCUT2D eigenvalue weighted by molar-refractivity contribution is 0.350. The molecule has 1 fully saturated rings. The Hall–Kier alpha value is -0.940. The molecule has 5 heteroatoms. The third-order valence-corrected chi connectivity index (χ3v) is 2.55. The van der Waals surface area contributed by atoms with Crippen molar-refractivity contribution in [2.24, 2.45) is 11.7 Å². The van der Waals surface area contributed by atoms with Gasteiger partial charge in [-0.25, -0.2) is 0 Å². The maximum atomic E-state index is 5.39. The third-order valence-electron chi connectivity index (χ3n) is 2.55. The number of nitrogens with one attached hydrogen (secondary N) is 1. The van der Waals surface area contributed by atoms with Crippen molar-refractivity contribution in [3.63, 3.8) is 0 Å². The molecule has 3 N–H and O–H groups in total. The summed E-state index contributed by atoms with van der Waals surface area (Å²) in [5.41, 5.74) is 5.39. The fourth-order valence-electron chi connectivity index (χ4n) is 1.81. The summed E-state index contributed by atoms with van der Waals surface area (Å²) < 4.78 is 4.95. The first-order chi connectivity index (χ1) is 6.88. The molecule has 1 aliphatic heterocycles. The minimum absolute atomic E-state index is 0.329.